The maximum absolute atomic E-state index is 10.4. The summed E-state index contributed by atoms with van der Waals surface area (Å²) in [5.41, 5.74) is 0.736. The minimum atomic E-state index is -1.00. The Morgan fingerprint density at radius 2 is 2.10 bits per heavy atom. The van der Waals surface area contributed by atoms with E-state index in [0.717, 1.165) is 11.3 Å². The van der Waals surface area contributed by atoms with Gasteiger partial charge in [-0.25, -0.2) is 4.79 Å². The van der Waals surface area contributed by atoms with Crippen molar-refractivity contribution < 1.29 is 24.2 Å². The molecule has 1 aliphatic rings. The number of carboxylic acid groups (broad SMARTS) is 1. The smallest absolute Gasteiger partial charge is 0.405 e. The molecule has 21 heavy (non-hydrogen) atoms. The summed E-state index contributed by atoms with van der Waals surface area (Å²) in [6.07, 6.45) is -0.305. The highest BCUT2D eigenvalue weighted by Crippen LogP contribution is 2.23. The van der Waals surface area contributed by atoms with Crippen molar-refractivity contribution in [3.05, 3.63) is 29.8 Å². The molecule has 116 valence electrons. The van der Waals surface area contributed by atoms with Gasteiger partial charge < -0.3 is 19.9 Å². The van der Waals surface area contributed by atoms with Crippen molar-refractivity contribution in [1.29, 1.82) is 0 Å². The standard InChI is InChI=1S/C10H11NO3.C5H10O2/c12-10(13)11-8-5-7-3-1-2-4-9(7)14-6-8;1-5(2,3)7-4-6/h1-4,8,11H,5-6H2,(H,12,13);4H,1-3H3. The first-order valence-electron chi connectivity index (χ1n) is 6.63. The maximum atomic E-state index is 10.4. The first kappa shape index (κ1) is 16.8. The van der Waals surface area contributed by atoms with E-state index in [1.807, 2.05) is 45.0 Å². The molecule has 6 nitrogen and oxygen atoms in total. The van der Waals surface area contributed by atoms with E-state index in [4.69, 9.17) is 9.84 Å². The Labute approximate surface area is 124 Å². The van der Waals surface area contributed by atoms with Gasteiger partial charge in [-0.15, -0.1) is 0 Å². The quantitative estimate of drug-likeness (QED) is 0.817. The third-order valence-corrected chi connectivity index (χ3v) is 2.61. The summed E-state index contributed by atoms with van der Waals surface area (Å²) in [5, 5.41) is 11.0. The van der Waals surface area contributed by atoms with Gasteiger partial charge in [-0.3, -0.25) is 4.79 Å². The van der Waals surface area contributed by atoms with E-state index in [2.05, 4.69) is 10.1 Å². The van der Waals surface area contributed by atoms with Crippen LogP contribution in [0.25, 0.3) is 0 Å². The minimum absolute atomic E-state index is 0.137. The fourth-order valence-electron chi connectivity index (χ4n) is 1.74. The molecule has 1 atom stereocenters. The number of ether oxygens (including phenoxy) is 2. The molecule has 0 saturated carbocycles. The highest BCUT2D eigenvalue weighted by molar-refractivity contribution is 5.65. The molecule has 1 amide bonds. The van der Waals surface area contributed by atoms with Gasteiger partial charge in [0.2, 0.25) is 0 Å². The summed E-state index contributed by atoms with van der Waals surface area (Å²) in [6.45, 7) is 6.33. The van der Waals surface area contributed by atoms with Gasteiger partial charge in [-0.2, -0.15) is 0 Å². The molecule has 2 rings (SSSR count). The molecule has 1 unspecified atom stereocenters. The Balaban J connectivity index is 0.000000270. The second-order valence-corrected chi connectivity index (χ2v) is 5.60. The zero-order chi connectivity index (χ0) is 15.9. The van der Waals surface area contributed by atoms with Crippen LogP contribution >= 0.6 is 0 Å². The van der Waals surface area contributed by atoms with Gasteiger partial charge in [0.15, 0.2) is 0 Å². The zero-order valence-electron chi connectivity index (χ0n) is 12.5. The Morgan fingerprint density at radius 3 is 2.62 bits per heavy atom. The summed E-state index contributed by atoms with van der Waals surface area (Å²) in [5.74, 6) is 0.857. The SMILES string of the molecule is CC(C)(C)OC=O.O=C(O)NC1COc2ccccc2C1. The molecule has 2 N–H and O–H groups in total. The van der Waals surface area contributed by atoms with E-state index in [9.17, 15) is 9.59 Å². The second kappa shape index (κ2) is 7.52. The predicted octanol–water partition coefficient (Wildman–Crippen LogP) is 2.22. The third kappa shape index (κ3) is 6.65. The second-order valence-electron chi connectivity index (χ2n) is 5.60. The lowest BCUT2D eigenvalue weighted by Crippen LogP contribution is -2.41. The number of rotatable bonds is 2. The van der Waals surface area contributed by atoms with Gasteiger partial charge in [0.25, 0.3) is 6.47 Å². The fraction of sp³-hybridized carbons (Fsp3) is 0.467. The molecule has 1 aliphatic heterocycles. The number of hydrogen-bond donors (Lipinski definition) is 2. The molecule has 0 radical (unpaired) electrons. The van der Waals surface area contributed by atoms with E-state index < -0.39 is 6.09 Å². The van der Waals surface area contributed by atoms with Crippen molar-refractivity contribution in [1.82, 2.24) is 5.32 Å². The largest absolute Gasteiger partial charge is 0.491 e. The van der Waals surface area contributed by atoms with Crippen LogP contribution in [-0.4, -0.2) is 35.9 Å². The van der Waals surface area contributed by atoms with Crippen molar-refractivity contribution >= 4 is 12.6 Å². The van der Waals surface area contributed by atoms with Crippen LogP contribution in [0.5, 0.6) is 5.75 Å². The lowest BCUT2D eigenvalue weighted by molar-refractivity contribution is -0.138. The summed E-state index contributed by atoms with van der Waals surface area (Å²) in [4.78, 5) is 20.0. The maximum Gasteiger partial charge on any atom is 0.405 e. The number of benzene rings is 1. The van der Waals surface area contributed by atoms with Gasteiger partial charge in [0.1, 0.15) is 18.0 Å². The number of carbonyl (C=O) groups excluding carboxylic acids is 1. The predicted molar refractivity (Wildman–Crippen MR) is 77.5 cm³/mol. The van der Waals surface area contributed by atoms with Crippen molar-refractivity contribution in [3.8, 4) is 5.75 Å². The van der Waals surface area contributed by atoms with E-state index in [1.54, 1.807) is 0 Å². The first-order valence-corrected chi connectivity index (χ1v) is 6.63. The van der Waals surface area contributed by atoms with Crippen LogP contribution in [0.15, 0.2) is 24.3 Å². The number of nitrogens with one attached hydrogen (secondary N) is 1. The molecule has 0 spiro atoms. The van der Waals surface area contributed by atoms with Gasteiger partial charge in [-0.05, 0) is 38.8 Å². The molecular formula is C15H21NO5. The first-order chi connectivity index (χ1) is 9.81. The molecule has 1 heterocycles. The van der Waals surface area contributed by atoms with Gasteiger partial charge in [0, 0.05) is 0 Å². The zero-order valence-corrected chi connectivity index (χ0v) is 12.5. The van der Waals surface area contributed by atoms with E-state index in [-0.39, 0.29) is 11.6 Å². The van der Waals surface area contributed by atoms with Crippen LogP contribution in [0.4, 0.5) is 4.79 Å². The summed E-state index contributed by atoms with van der Waals surface area (Å²) in [6, 6.07) is 7.54. The molecule has 0 fully saturated rings. The monoisotopic (exact) mass is 295 g/mol. The topological polar surface area (TPSA) is 84.9 Å². The van der Waals surface area contributed by atoms with Crippen LogP contribution in [0.2, 0.25) is 0 Å². The summed E-state index contributed by atoms with van der Waals surface area (Å²) in [7, 11) is 0. The molecule has 0 aromatic heterocycles. The Hall–Kier alpha value is -2.24. The minimum Gasteiger partial charge on any atom is -0.491 e. The lowest BCUT2D eigenvalue weighted by atomic mass is 10.0. The molecule has 1 aromatic carbocycles. The number of amides is 1. The van der Waals surface area contributed by atoms with E-state index in [0.29, 0.717) is 19.5 Å². The van der Waals surface area contributed by atoms with Gasteiger partial charge in [0.05, 0.1) is 6.04 Å². The molecule has 0 aliphatic carbocycles. The van der Waals surface area contributed by atoms with Crippen LogP contribution < -0.4 is 10.1 Å². The highest BCUT2D eigenvalue weighted by atomic mass is 16.5. The number of hydrogen-bond acceptors (Lipinski definition) is 4. The number of carbonyl (C=O) groups is 2. The van der Waals surface area contributed by atoms with Gasteiger partial charge in [-0.1, -0.05) is 18.2 Å². The average molecular weight is 295 g/mol. The summed E-state index contributed by atoms with van der Waals surface area (Å²) < 4.78 is 9.96. The van der Waals surface area contributed by atoms with E-state index >= 15 is 0 Å². The van der Waals surface area contributed by atoms with E-state index in [1.165, 1.54) is 0 Å². The third-order valence-electron chi connectivity index (χ3n) is 2.61. The Kier molecular flexibility index (Phi) is 6.02. The highest BCUT2D eigenvalue weighted by Gasteiger charge is 2.20. The van der Waals surface area contributed by atoms with Crippen LogP contribution in [0.3, 0.4) is 0 Å². The molecular weight excluding hydrogens is 274 g/mol. The average Bonchev–Trinajstić information content (AvgIpc) is 2.37. The Morgan fingerprint density at radius 1 is 1.43 bits per heavy atom. The van der Waals surface area contributed by atoms with Crippen molar-refractivity contribution in [2.45, 2.75) is 38.8 Å². The molecule has 6 heteroatoms. The van der Waals surface area contributed by atoms with Gasteiger partial charge >= 0.3 is 6.09 Å². The molecule has 0 saturated heterocycles. The van der Waals surface area contributed by atoms with Crippen molar-refractivity contribution in [2.75, 3.05) is 6.61 Å². The van der Waals surface area contributed by atoms with Crippen molar-refractivity contribution in [2.24, 2.45) is 0 Å². The molecule has 0 bridgehead atoms. The Bertz CT molecular complexity index is 481. The summed E-state index contributed by atoms with van der Waals surface area (Å²) >= 11 is 0. The molecule has 1 aromatic rings. The lowest BCUT2D eigenvalue weighted by Gasteiger charge is -2.24. The normalized spacial score (nSPS) is 16.4. The number of fused-ring (bicyclic) bond motifs is 1. The van der Waals surface area contributed by atoms with Crippen LogP contribution in [0.1, 0.15) is 26.3 Å². The van der Waals surface area contributed by atoms with Crippen LogP contribution in [-0.2, 0) is 16.0 Å². The van der Waals surface area contributed by atoms with Crippen LogP contribution in [0, 0.1) is 0 Å². The van der Waals surface area contributed by atoms with Crippen molar-refractivity contribution in [3.63, 3.8) is 0 Å². The fourth-order valence-corrected chi connectivity index (χ4v) is 1.74. The number of para-hydroxylation sites is 1.